The number of quaternary nitrogens is 1. The Hall–Kier alpha value is -1.26. The summed E-state index contributed by atoms with van der Waals surface area (Å²) in [5, 5.41) is 12.7. The van der Waals surface area contributed by atoms with E-state index < -0.39 is 6.10 Å². The average molecular weight is 252 g/mol. The van der Waals surface area contributed by atoms with Crippen LogP contribution in [-0.2, 0) is 0 Å². The fraction of sp³-hybridized carbons (Fsp3) is 0.571. The maximum absolute atomic E-state index is 10.5. The summed E-state index contributed by atoms with van der Waals surface area (Å²) in [6.45, 7) is 1.09. The van der Waals surface area contributed by atoms with E-state index in [1.807, 2.05) is 18.2 Å². The molecule has 1 aromatic carbocycles. The summed E-state index contributed by atoms with van der Waals surface area (Å²) < 4.78 is 10.5. The molecule has 0 amide bonds. The highest BCUT2D eigenvalue weighted by atomic mass is 16.5. The SMILES string of the molecule is COc1ccc(OC)c([C@H](O)[C@@H]2CCCC[NH2+]2)c1. The van der Waals surface area contributed by atoms with Gasteiger partial charge in [-0.3, -0.25) is 0 Å². The van der Waals surface area contributed by atoms with Crippen LogP contribution in [-0.4, -0.2) is 31.9 Å². The Kier molecular flexibility index (Phi) is 4.44. The van der Waals surface area contributed by atoms with Gasteiger partial charge in [-0.25, -0.2) is 0 Å². The molecule has 0 saturated carbocycles. The second-order valence-corrected chi connectivity index (χ2v) is 4.74. The highest BCUT2D eigenvalue weighted by molar-refractivity contribution is 5.42. The maximum atomic E-state index is 10.5. The molecule has 1 aliphatic rings. The van der Waals surface area contributed by atoms with Crippen LogP contribution < -0.4 is 14.8 Å². The largest absolute Gasteiger partial charge is 0.497 e. The van der Waals surface area contributed by atoms with E-state index in [4.69, 9.17) is 9.47 Å². The Bertz CT molecular complexity index is 389. The summed E-state index contributed by atoms with van der Waals surface area (Å²) in [4.78, 5) is 0. The predicted octanol–water partition coefficient (Wildman–Crippen LogP) is 0.853. The highest BCUT2D eigenvalue weighted by Gasteiger charge is 2.28. The fourth-order valence-corrected chi connectivity index (χ4v) is 2.56. The van der Waals surface area contributed by atoms with Gasteiger partial charge in [0.05, 0.1) is 20.8 Å². The molecule has 4 heteroatoms. The van der Waals surface area contributed by atoms with E-state index in [1.54, 1.807) is 14.2 Å². The smallest absolute Gasteiger partial charge is 0.134 e. The molecule has 1 fully saturated rings. The van der Waals surface area contributed by atoms with Crippen molar-refractivity contribution in [3.63, 3.8) is 0 Å². The van der Waals surface area contributed by atoms with Gasteiger partial charge >= 0.3 is 0 Å². The molecule has 1 aliphatic heterocycles. The topological polar surface area (TPSA) is 55.3 Å². The second-order valence-electron chi connectivity index (χ2n) is 4.74. The van der Waals surface area contributed by atoms with Gasteiger partial charge in [-0.15, -0.1) is 0 Å². The van der Waals surface area contributed by atoms with Gasteiger partial charge in [0.15, 0.2) is 0 Å². The van der Waals surface area contributed by atoms with Crippen LogP contribution >= 0.6 is 0 Å². The molecule has 0 aliphatic carbocycles. The minimum absolute atomic E-state index is 0.222. The van der Waals surface area contributed by atoms with Crippen molar-refractivity contribution < 1.29 is 19.9 Å². The Morgan fingerprint density at radius 3 is 2.72 bits per heavy atom. The van der Waals surface area contributed by atoms with Crippen LogP contribution in [0.4, 0.5) is 0 Å². The van der Waals surface area contributed by atoms with Crippen molar-refractivity contribution in [1.82, 2.24) is 0 Å². The van der Waals surface area contributed by atoms with E-state index in [9.17, 15) is 5.11 Å². The van der Waals surface area contributed by atoms with E-state index in [-0.39, 0.29) is 6.04 Å². The summed E-state index contributed by atoms with van der Waals surface area (Å²) >= 11 is 0. The van der Waals surface area contributed by atoms with Crippen LogP contribution in [0.5, 0.6) is 11.5 Å². The first-order chi connectivity index (χ1) is 8.76. The first kappa shape index (κ1) is 13.2. The van der Waals surface area contributed by atoms with Crippen LogP contribution in [0, 0.1) is 0 Å². The van der Waals surface area contributed by atoms with Gasteiger partial charge in [0.2, 0.25) is 0 Å². The molecule has 1 aromatic rings. The number of rotatable bonds is 4. The van der Waals surface area contributed by atoms with Gasteiger partial charge in [0, 0.05) is 12.0 Å². The molecular formula is C14H22NO3+. The van der Waals surface area contributed by atoms with Crippen molar-refractivity contribution in [2.75, 3.05) is 20.8 Å². The van der Waals surface area contributed by atoms with Gasteiger partial charge in [0.1, 0.15) is 23.6 Å². The third-order valence-corrected chi connectivity index (χ3v) is 3.62. The lowest BCUT2D eigenvalue weighted by molar-refractivity contribution is -0.705. The lowest BCUT2D eigenvalue weighted by Crippen LogP contribution is -2.92. The number of hydrogen-bond donors (Lipinski definition) is 2. The van der Waals surface area contributed by atoms with Crippen LogP contribution in [0.3, 0.4) is 0 Å². The molecule has 18 heavy (non-hydrogen) atoms. The first-order valence-corrected chi connectivity index (χ1v) is 6.49. The van der Waals surface area contributed by atoms with Crippen molar-refractivity contribution >= 4 is 0 Å². The Morgan fingerprint density at radius 2 is 2.11 bits per heavy atom. The van der Waals surface area contributed by atoms with Gasteiger partial charge in [-0.05, 0) is 31.0 Å². The second kappa shape index (κ2) is 6.07. The molecule has 0 unspecified atom stereocenters. The first-order valence-electron chi connectivity index (χ1n) is 6.49. The minimum Gasteiger partial charge on any atom is -0.497 e. The highest BCUT2D eigenvalue weighted by Crippen LogP contribution is 2.31. The quantitative estimate of drug-likeness (QED) is 0.835. The van der Waals surface area contributed by atoms with E-state index in [2.05, 4.69) is 5.32 Å². The summed E-state index contributed by atoms with van der Waals surface area (Å²) in [7, 11) is 3.26. The fourth-order valence-electron chi connectivity index (χ4n) is 2.56. The molecule has 3 N–H and O–H groups in total. The van der Waals surface area contributed by atoms with Gasteiger partial charge in [-0.2, -0.15) is 0 Å². The van der Waals surface area contributed by atoms with E-state index in [0.29, 0.717) is 0 Å². The van der Waals surface area contributed by atoms with E-state index >= 15 is 0 Å². The molecule has 100 valence electrons. The van der Waals surface area contributed by atoms with Crippen molar-refractivity contribution in [3.05, 3.63) is 23.8 Å². The van der Waals surface area contributed by atoms with Crippen molar-refractivity contribution in [1.29, 1.82) is 0 Å². The number of benzene rings is 1. The molecule has 1 heterocycles. The molecule has 0 bridgehead atoms. The average Bonchev–Trinajstić information content (AvgIpc) is 2.46. The Balaban J connectivity index is 2.23. The zero-order valence-corrected chi connectivity index (χ0v) is 11.1. The molecule has 0 aromatic heterocycles. The summed E-state index contributed by atoms with van der Waals surface area (Å²) in [5.41, 5.74) is 0.819. The Morgan fingerprint density at radius 1 is 1.28 bits per heavy atom. The summed E-state index contributed by atoms with van der Waals surface area (Å²) in [6.07, 6.45) is 2.96. The number of piperidine rings is 1. The number of aliphatic hydroxyl groups excluding tert-OH is 1. The standard InChI is InChI=1S/C14H21NO3/c1-17-10-6-7-13(18-2)11(9-10)14(16)12-5-3-4-8-15-12/h6-7,9,12,14-16H,3-5,8H2,1-2H3/p+1/t12-,14-/m0/s1. The maximum Gasteiger partial charge on any atom is 0.134 e. The minimum atomic E-state index is -0.504. The zero-order chi connectivity index (χ0) is 13.0. The van der Waals surface area contributed by atoms with Crippen molar-refractivity contribution in [2.24, 2.45) is 0 Å². The number of aliphatic hydroxyl groups is 1. The summed E-state index contributed by atoms with van der Waals surface area (Å²) in [6, 6.07) is 5.78. The van der Waals surface area contributed by atoms with Crippen molar-refractivity contribution in [3.8, 4) is 11.5 Å². The predicted molar refractivity (Wildman–Crippen MR) is 68.9 cm³/mol. The zero-order valence-electron chi connectivity index (χ0n) is 11.1. The number of hydrogen-bond acceptors (Lipinski definition) is 3. The van der Waals surface area contributed by atoms with E-state index in [0.717, 1.165) is 30.0 Å². The Labute approximate surface area is 108 Å². The number of nitrogens with two attached hydrogens (primary N) is 1. The molecule has 1 saturated heterocycles. The third kappa shape index (κ3) is 2.76. The summed E-state index contributed by atoms with van der Waals surface area (Å²) in [5.74, 6) is 1.47. The number of methoxy groups -OCH3 is 2. The van der Waals surface area contributed by atoms with Gasteiger partial charge in [-0.1, -0.05) is 0 Å². The van der Waals surface area contributed by atoms with Gasteiger partial charge < -0.3 is 19.9 Å². The molecule has 0 radical (unpaired) electrons. The van der Waals surface area contributed by atoms with Crippen LogP contribution in [0.15, 0.2) is 18.2 Å². The molecule has 2 atom stereocenters. The molecule has 4 nitrogen and oxygen atoms in total. The molecule has 0 spiro atoms. The van der Waals surface area contributed by atoms with Crippen LogP contribution in [0.25, 0.3) is 0 Å². The van der Waals surface area contributed by atoms with Gasteiger partial charge in [0.25, 0.3) is 0 Å². The van der Waals surface area contributed by atoms with Crippen LogP contribution in [0.1, 0.15) is 30.9 Å². The normalized spacial score (nSPS) is 21.4. The monoisotopic (exact) mass is 252 g/mol. The van der Waals surface area contributed by atoms with E-state index in [1.165, 1.54) is 12.8 Å². The lowest BCUT2D eigenvalue weighted by Gasteiger charge is -2.26. The molecular weight excluding hydrogens is 230 g/mol. The number of ether oxygens (including phenoxy) is 2. The lowest BCUT2D eigenvalue weighted by atomic mass is 9.94. The van der Waals surface area contributed by atoms with Crippen molar-refractivity contribution in [2.45, 2.75) is 31.4 Å². The molecule has 2 rings (SSSR count). The van der Waals surface area contributed by atoms with Crippen LogP contribution in [0.2, 0.25) is 0 Å². The third-order valence-electron chi connectivity index (χ3n) is 3.62.